The summed E-state index contributed by atoms with van der Waals surface area (Å²) in [5.74, 6) is -0.0319. The second kappa shape index (κ2) is 5.65. The van der Waals surface area contributed by atoms with Gasteiger partial charge in [-0.2, -0.15) is 0 Å². The van der Waals surface area contributed by atoms with Crippen molar-refractivity contribution in [2.75, 3.05) is 7.05 Å². The van der Waals surface area contributed by atoms with Gasteiger partial charge in [-0.05, 0) is 35.9 Å². The average Bonchev–Trinajstić information content (AvgIpc) is 2.40. The first-order valence-corrected chi connectivity index (χ1v) is 5.94. The standard InChI is InChI=1S/C14H13ClN2O/c1-17(10-11-3-2-8-16-9-11)14(18)12-4-6-13(15)7-5-12/h2-9H,10H2,1H3. The highest BCUT2D eigenvalue weighted by molar-refractivity contribution is 6.30. The molecule has 0 unspecified atom stereocenters. The fourth-order valence-electron chi connectivity index (χ4n) is 1.65. The molecule has 1 aromatic carbocycles. The van der Waals surface area contributed by atoms with Crippen molar-refractivity contribution in [2.45, 2.75) is 6.54 Å². The topological polar surface area (TPSA) is 33.2 Å². The van der Waals surface area contributed by atoms with Gasteiger partial charge in [0.15, 0.2) is 0 Å². The third kappa shape index (κ3) is 3.08. The van der Waals surface area contributed by atoms with Crippen LogP contribution in [-0.2, 0) is 6.54 Å². The maximum atomic E-state index is 12.1. The number of aromatic nitrogens is 1. The summed E-state index contributed by atoms with van der Waals surface area (Å²) >= 11 is 5.79. The molecule has 1 heterocycles. The molecule has 0 radical (unpaired) electrons. The van der Waals surface area contributed by atoms with E-state index in [0.717, 1.165) is 5.56 Å². The van der Waals surface area contributed by atoms with Gasteiger partial charge in [0.05, 0.1) is 0 Å². The van der Waals surface area contributed by atoms with Gasteiger partial charge in [0.25, 0.3) is 5.91 Å². The largest absolute Gasteiger partial charge is 0.337 e. The highest BCUT2D eigenvalue weighted by Gasteiger charge is 2.11. The third-order valence-corrected chi connectivity index (χ3v) is 2.83. The maximum absolute atomic E-state index is 12.1. The number of hydrogen-bond acceptors (Lipinski definition) is 2. The Morgan fingerprint density at radius 3 is 2.61 bits per heavy atom. The fourth-order valence-corrected chi connectivity index (χ4v) is 1.78. The lowest BCUT2D eigenvalue weighted by Crippen LogP contribution is -2.26. The molecule has 1 amide bonds. The molecule has 0 saturated heterocycles. The first kappa shape index (κ1) is 12.6. The zero-order valence-electron chi connectivity index (χ0n) is 10.0. The van der Waals surface area contributed by atoms with Gasteiger partial charge in [-0.1, -0.05) is 17.7 Å². The Morgan fingerprint density at radius 1 is 1.28 bits per heavy atom. The van der Waals surface area contributed by atoms with Gasteiger partial charge in [0.1, 0.15) is 0 Å². The molecule has 0 spiro atoms. The molecule has 2 rings (SSSR count). The van der Waals surface area contributed by atoms with Crippen LogP contribution in [0.25, 0.3) is 0 Å². The van der Waals surface area contributed by atoms with Gasteiger partial charge < -0.3 is 4.90 Å². The van der Waals surface area contributed by atoms with Gasteiger partial charge in [0, 0.05) is 36.6 Å². The zero-order chi connectivity index (χ0) is 13.0. The normalized spacial score (nSPS) is 10.1. The highest BCUT2D eigenvalue weighted by atomic mass is 35.5. The minimum Gasteiger partial charge on any atom is -0.337 e. The fraction of sp³-hybridized carbons (Fsp3) is 0.143. The lowest BCUT2D eigenvalue weighted by Gasteiger charge is -2.17. The Bertz CT molecular complexity index is 525. The maximum Gasteiger partial charge on any atom is 0.253 e. The smallest absolute Gasteiger partial charge is 0.253 e. The van der Waals surface area contributed by atoms with Crippen LogP contribution in [0.4, 0.5) is 0 Å². The van der Waals surface area contributed by atoms with Crippen LogP contribution in [0, 0.1) is 0 Å². The van der Waals surface area contributed by atoms with E-state index in [0.29, 0.717) is 17.1 Å². The molecule has 0 fully saturated rings. The van der Waals surface area contributed by atoms with E-state index in [-0.39, 0.29) is 5.91 Å². The van der Waals surface area contributed by atoms with Crippen molar-refractivity contribution >= 4 is 17.5 Å². The van der Waals surface area contributed by atoms with Gasteiger partial charge in [-0.15, -0.1) is 0 Å². The Labute approximate surface area is 111 Å². The third-order valence-electron chi connectivity index (χ3n) is 2.58. The highest BCUT2D eigenvalue weighted by Crippen LogP contribution is 2.12. The predicted molar refractivity (Wildman–Crippen MR) is 71.5 cm³/mol. The molecule has 0 atom stereocenters. The number of amides is 1. The Kier molecular flexibility index (Phi) is 3.95. The van der Waals surface area contributed by atoms with Crippen LogP contribution >= 0.6 is 11.6 Å². The van der Waals surface area contributed by atoms with Crippen molar-refractivity contribution in [1.29, 1.82) is 0 Å². The van der Waals surface area contributed by atoms with Crippen molar-refractivity contribution in [3.63, 3.8) is 0 Å². The van der Waals surface area contributed by atoms with Crippen LogP contribution in [0.3, 0.4) is 0 Å². The number of carbonyl (C=O) groups excluding carboxylic acids is 1. The van der Waals surface area contributed by atoms with E-state index in [1.54, 1.807) is 48.6 Å². The summed E-state index contributed by atoms with van der Waals surface area (Å²) in [5.41, 5.74) is 1.63. The SMILES string of the molecule is CN(Cc1cccnc1)C(=O)c1ccc(Cl)cc1. The van der Waals surface area contributed by atoms with Crippen molar-refractivity contribution < 1.29 is 4.79 Å². The van der Waals surface area contributed by atoms with E-state index in [9.17, 15) is 4.79 Å². The molecule has 0 bridgehead atoms. The molecule has 0 aliphatic carbocycles. The van der Waals surface area contributed by atoms with E-state index in [2.05, 4.69) is 4.98 Å². The lowest BCUT2D eigenvalue weighted by molar-refractivity contribution is 0.0785. The van der Waals surface area contributed by atoms with E-state index in [1.165, 1.54) is 0 Å². The summed E-state index contributed by atoms with van der Waals surface area (Å²) in [4.78, 5) is 17.8. The Hall–Kier alpha value is -1.87. The number of hydrogen-bond donors (Lipinski definition) is 0. The summed E-state index contributed by atoms with van der Waals surface area (Å²) in [6, 6.07) is 10.7. The van der Waals surface area contributed by atoms with E-state index >= 15 is 0 Å². The summed E-state index contributed by atoms with van der Waals surface area (Å²) in [7, 11) is 1.77. The molecular formula is C14H13ClN2O. The monoisotopic (exact) mass is 260 g/mol. The van der Waals surface area contributed by atoms with Crippen LogP contribution in [0.15, 0.2) is 48.8 Å². The number of benzene rings is 1. The van der Waals surface area contributed by atoms with Crippen LogP contribution in [0.5, 0.6) is 0 Å². The first-order chi connectivity index (χ1) is 8.66. The zero-order valence-corrected chi connectivity index (χ0v) is 10.8. The second-order valence-corrected chi connectivity index (χ2v) is 4.47. The number of rotatable bonds is 3. The predicted octanol–water partition coefficient (Wildman–Crippen LogP) is 3.01. The van der Waals surface area contributed by atoms with Crippen LogP contribution in [0.2, 0.25) is 5.02 Å². The van der Waals surface area contributed by atoms with Crippen LogP contribution in [0.1, 0.15) is 15.9 Å². The molecule has 4 heteroatoms. The molecule has 18 heavy (non-hydrogen) atoms. The molecule has 1 aromatic heterocycles. The van der Waals surface area contributed by atoms with Crippen molar-refractivity contribution in [3.8, 4) is 0 Å². The lowest BCUT2D eigenvalue weighted by atomic mass is 10.2. The quantitative estimate of drug-likeness (QED) is 0.850. The summed E-state index contributed by atoms with van der Waals surface area (Å²) < 4.78 is 0. The number of nitrogens with zero attached hydrogens (tertiary/aromatic N) is 2. The van der Waals surface area contributed by atoms with E-state index in [1.807, 2.05) is 12.1 Å². The molecule has 0 aliphatic heterocycles. The minimum absolute atomic E-state index is 0.0319. The van der Waals surface area contributed by atoms with Gasteiger partial charge in [-0.25, -0.2) is 0 Å². The summed E-state index contributed by atoms with van der Waals surface area (Å²) in [5, 5.41) is 0.626. The molecule has 0 aliphatic rings. The van der Waals surface area contributed by atoms with Crippen molar-refractivity contribution in [1.82, 2.24) is 9.88 Å². The minimum atomic E-state index is -0.0319. The molecule has 2 aromatic rings. The number of halogens is 1. The Balaban J connectivity index is 2.07. The molecular weight excluding hydrogens is 248 g/mol. The summed E-state index contributed by atoms with van der Waals surface area (Å²) in [6.45, 7) is 0.537. The molecule has 0 saturated carbocycles. The molecule has 92 valence electrons. The van der Waals surface area contributed by atoms with Crippen molar-refractivity contribution in [3.05, 3.63) is 64.9 Å². The van der Waals surface area contributed by atoms with Crippen LogP contribution < -0.4 is 0 Å². The van der Waals surface area contributed by atoms with Crippen molar-refractivity contribution in [2.24, 2.45) is 0 Å². The van der Waals surface area contributed by atoms with Crippen LogP contribution in [-0.4, -0.2) is 22.8 Å². The molecule has 3 nitrogen and oxygen atoms in total. The number of pyridine rings is 1. The van der Waals surface area contributed by atoms with Gasteiger partial charge >= 0.3 is 0 Å². The second-order valence-electron chi connectivity index (χ2n) is 4.03. The van der Waals surface area contributed by atoms with Gasteiger partial charge in [0.2, 0.25) is 0 Å². The Morgan fingerprint density at radius 2 is 2.00 bits per heavy atom. The first-order valence-electron chi connectivity index (χ1n) is 5.57. The van der Waals surface area contributed by atoms with E-state index < -0.39 is 0 Å². The molecule has 0 N–H and O–H groups in total. The number of carbonyl (C=O) groups is 1. The van der Waals surface area contributed by atoms with E-state index in [4.69, 9.17) is 11.6 Å². The summed E-state index contributed by atoms with van der Waals surface area (Å²) in [6.07, 6.45) is 3.47. The van der Waals surface area contributed by atoms with Gasteiger partial charge in [-0.3, -0.25) is 9.78 Å². The average molecular weight is 261 g/mol.